The molecule has 3 rings (SSSR count). The molecule has 0 spiro atoms. The number of aliphatic hydroxyl groups excluding tert-OH is 1. The summed E-state index contributed by atoms with van der Waals surface area (Å²) in [6.07, 6.45) is 3.49. The molecule has 1 atom stereocenters. The molecule has 9 heteroatoms. The number of carbonyl (C=O) groups excluding carboxylic acids is 3. The van der Waals surface area contributed by atoms with Crippen LogP contribution in [0.25, 0.3) is 0 Å². The molecule has 2 aliphatic heterocycles. The van der Waals surface area contributed by atoms with Crippen molar-refractivity contribution in [1.29, 1.82) is 0 Å². The van der Waals surface area contributed by atoms with Crippen LogP contribution in [0.2, 0.25) is 0 Å². The Balaban J connectivity index is 1.66. The van der Waals surface area contributed by atoms with Crippen LogP contribution in [0.1, 0.15) is 38.5 Å². The zero-order chi connectivity index (χ0) is 18.9. The normalized spacial score (nSPS) is 25.0. The number of carboxylic acids is 1. The van der Waals surface area contributed by atoms with Crippen LogP contribution < -0.4 is 0 Å². The van der Waals surface area contributed by atoms with Gasteiger partial charge in [-0.2, -0.15) is 0 Å². The number of aliphatic hydroxyl groups is 1. The van der Waals surface area contributed by atoms with Gasteiger partial charge < -0.3 is 20.0 Å². The second-order valence-corrected chi connectivity index (χ2v) is 7.50. The molecule has 0 aromatic rings. The van der Waals surface area contributed by atoms with Crippen LogP contribution >= 0.6 is 0 Å². The molecule has 2 N–H and O–H groups in total. The number of imide groups is 1. The van der Waals surface area contributed by atoms with Gasteiger partial charge in [-0.1, -0.05) is 12.8 Å². The molecule has 0 aromatic carbocycles. The maximum Gasteiger partial charge on any atom is 0.327 e. The standard InChI is InChI=1S/C17H25N3O6/c21-8-7-20-15(25)12-11-18(5-6-19(12)16(20)26)13(22)9-17(10-14(23)24)3-1-2-4-17/h12,21H,1-11H2,(H,23,24)/t12-/m1/s1. The van der Waals surface area contributed by atoms with Crippen molar-refractivity contribution in [3.8, 4) is 0 Å². The van der Waals surface area contributed by atoms with Gasteiger partial charge in [-0.25, -0.2) is 4.79 Å². The Kier molecular flexibility index (Phi) is 5.17. The number of carboxylic acid groups (broad SMARTS) is 1. The van der Waals surface area contributed by atoms with Crippen LogP contribution in [0.3, 0.4) is 0 Å². The van der Waals surface area contributed by atoms with E-state index >= 15 is 0 Å². The van der Waals surface area contributed by atoms with Crippen LogP contribution in [0.5, 0.6) is 0 Å². The third-order valence-corrected chi connectivity index (χ3v) is 5.80. The third-order valence-electron chi connectivity index (χ3n) is 5.80. The number of hydrogen-bond donors (Lipinski definition) is 2. The van der Waals surface area contributed by atoms with E-state index in [1.54, 1.807) is 4.90 Å². The molecule has 0 bridgehead atoms. The smallest absolute Gasteiger partial charge is 0.327 e. The summed E-state index contributed by atoms with van der Waals surface area (Å²) in [5.74, 6) is -1.42. The fourth-order valence-electron chi connectivity index (χ4n) is 4.48. The Morgan fingerprint density at radius 3 is 2.42 bits per heavy atom. The van der Waals surface area contributed by atoms with E-state index in [0.717, 1.165) is 30.6 Å². The van der Waals surface area contributed by atoms with E-state index in [1.165, 1.54) is 4.90 Å². The maximum atomic E-state index is 12.8. The van der Waals surface area contributed by atoms with E-state index in [4.69, 9.17) is 5.11 Å². The number of fused-ring (bicyclic) bond motifs is 1. The molecule has 0 unspecified atom stereocenters. The molecule has 3 aliphatic rings. The monoisotopic (exact) mass is 367 g/mol. The highest BCUT2D eigenvalue weighted by Crippen LogP contribution is 2.44. The van der Waals surface area contributed by atoms with Gasteiger partial charge in [-0.15, -0.1) is 0 Å². The lowest BCUT2D eigenvalue weighted by atomic mass is 9.79. The summed E-state index contributed by atoms with van der Waals surface area (Å²) in [5, 5.41) is 18.2. The number of piperazine rings is 1. The zero-order valence-corrected chi connectivity index (χ0v) is 14.7. The first-order valence-electron chi connectivity index (χ1n) is 9.09. The highest BCUT2D eigenvalue weighted by Gasteiger charge is 2.48. The van der Waals surface area contributed by atoms with Crippen LogP contribution in [0.4, 0.5) is 4.79 Å². The molecule has 3 fully saturated rings. The van der Waals surface area contributed by atoms with Crippen molar-refractivity contribution in [2.45, 2.75) is 44.6 Å². The van der Waals surface area contributed by atoms with E-state index in [9.17, 15) is 24.3 Å². The van der Waals surface area contributed by atoms with Crippen LogP contribution in [0.15, 0.2) is 0 Å². The lowest BCUT2D eigenvalue weighted by molar-refractivity contribution is -0.142. The highest BCUT2D eigenvalue weighted by atomic mass is 16.4. The van der Waals surface area contributed by atoms with E-state index in [0.29, 0.717) is 6.54 Å². The summed E-state index contributed by atoms with van der Waals surface area (Å²) in [6.45, 7) is 0.409. The number of carbonyl (C=O) groups is 4. The average molecular weight is 367 g/mol. The summed E-state index contributed by atoms with van der Waals surface area (Å²) in [4.78, 5) is 52.7. The molecule has 26 heavy (non-hydrogen) atoms. The topological polar surface area (TPSA) is 118 Å². The van der Waals surface area contributed by atoms with Crippen molar-refractivity contribution in [2.24, 2.45) is 5.41 Å². The van der Waals surface area contributed by atoms with Gasteiger partial charge in [0.05, 0.1) is 26.1 Å². The minimum Gasteiger partial charge on any atom is -0.481 e. The minimum absolute atomic E-state index is 0.0101. The Labute approximate surface area is 151 Å². The number of rotatable bonds is 6. The van der Waals surface area contributed by atoms with Gasteiger partial charge in [-0.3, -0.25) is 19.3 Å². The molecule has 144 valence electrons. The Bertz CT molecular complexity index is 616. The molecule has 2 saturated heterocycles. The highest BCUT2D eigenvalue weighted by molar-refractivity contribution is 6.04. The molecule has 1 saturated carbocycles. The Morgan fingerprint density at radius 2 is 1.81 bits per heavy atom. The quantitative estimate of drug-likeness (QED) is 0.632. The summed E-state index contributed by atoms with van der Waals surface area (Å²) in [7, 11) is 0. The fourth-order valence-corrected chi connectivity index (χ4v) is 4.48. The first-order valence-corrected chi connectivity index (χ1v) is 9.09. The molecule has 2 heterocycles. The van der Waals surface area contributed by atoms with E-state index in [1.807, 2.05) is 0 Å². The van der Waals surface area contributed by atoms with Gasteiger partial charge in [0.25, 0.3) is 5.91 Å². The summed E-state index contributed by atoms with van der Waals surface area (Å²) < 4.78 is 0. The number of amides is 4. The molecule has 9 nitrogen and oxygen atoms in total. The molecular weight excluding hydrogens is 342 g/mol. The summed E-state index contributed by atoms with van der Waals surface area (Å²) in [6, 6.07) is -1.12. The number of β-amino-alcohol motifs (C(OH)–C–C–N with tert-alkyl or cyclic N) is 1. The first kappa shape index (κ1) is 18.6. The summed E-state index contributed by atoms with van der Waals surface area (Å²) in [5.41, 5.74) is -0.488. The van der Waals surface area contributed by atoms with Crippen LogP contribution in [-0.4, -0.2) is 87.6 Å². The number of urea groups is 1. The van der Waals surface area contributed by atoms with E-state index < -0.39 is 23.5 Å². The number of nitrogens with zero attached hydrogens (tertiary/aromatic N) is 3. The second-order valence-electron chi connectivity index (χ2n) is 7.50. The fraction of sp³-hybridized carbons (Fsp3) is 0.765. The van der Waals surface area contributed by atoms with E-state index in [-0.39, 0.29) is 50.9 Å². The lowest BCUT2D eigenvalue weighted by Gasteiger charge is -2.37. The lowest BCUT2D eigenvalue weighted by Crippen LogP contribution is -2.55. The van der Waals surface area contributed by atoms with Crippen molar-refractivity contribution in [1.82, 2.24) is 14.7 Å². The number of hydrogen-bond acceptors (Lipinski definition) is 5. The van der Waals surface area contributed by atoms with Crippen LogP contribution in [-0.2, 0) is 14.4 Å². The maximum absolute atomic E-state index is 12.8. The molecule has 1 aliphatic carbocycles. The van der Waals surface area contributed by atoms with Gasteiger partial charge in [0.15, 0.2) is 0 Å². The minimum atomic E-state index is -0.888. The Hall–Kier alpha value is -2.16. The third kappa shape index (κ3) is 3.40. The Morgan fingerprint density at radius 1 is 1.12 bits per heavy atom. The van der Waals surface area contributed by atoms with Crippen molar-refractivity contribution in [3.05, 3.63) is 0 Å². The average Bonchev–Trinajstić information content (AvgIpc) is 3.13. The van der Waals surface area contributed by atoms with Crippen molar-refractivity contribution in [3.63, 3.8) is 0 Å². The van der Waals surface area contributed by atoms with Gasteiger partial charge in [0.1, 0.15) is 6.04 Å². The molecular formula is C17H25N3O6. The predicted molar refractivity (Wildman–Crippen MR) is 89.0 cm³/mol. The van der Waals surface area contributed by atoms with E-state index in [2.05, 4.69) is 0 Å². The second kappa shape index (κ2) is 7.22. The molecule has 0 aromatic heterocycles. The molecule has 4 amide bonds. The van der Waals surface area contributed by atoms with Gasteiger partial charge >= 0.3 is 12.0 Å². The largest absolute Gasteiger partial charge is 0.481 e. The summed E-state index contributed by atoms with van der Waals surface area (Å²) >= 11 is 0. The zero-order valence-electron chi connectivity index (χ0n) is 14.7. The molecule has 0 radical (unpaired) electrons. The van der Waals surface area contributed by atoms with Crippen molar-refractivity contribution < 1.29 is 29.4 Å². The van der Waals surface area contributed by atoms with Crippen LogP contribution in [0, 0.1) is 5.41 Å². The first-order chi connectivity index (χ1) is 12.4. The SMILES string of the molecule is O=C(O)CC1(CC(=O)N2CCN3C(=O)N(CCO)C(=O)[C@H]3C2)CCCC1. The van der Waals surface area contributed by atoms with Crippen molar-refractivity contribution in [2.75, 3.05) is 32.8 Å². The number of aliphatic carboxylic acids is 1. The van der Waals surface area contributed by atoms with Crippen molar-refractivity contribution >= 4 is 23.8 Å². The predicted octanol–water partition coefficient (Wildman–Crippen LogP) is -0.121. The van der Waals surface area contributed by atoms with Gasteiger partial charge in [0.2, 0.25) is 5.91 Å². The van der Waals surface area contributed by atoms with Gasteiger partial charge in [0, 0.05) is 19.5 Å². The van der Waals surface area contributed by atoms with Gasteiger partial charge in [-0.05, 0) is 18.3 Å².